The summed E-state index contributed by atoms with van der Waals surface area (Å²) in [6, 6.07) is -0.273. The first-order valence-corrected chi connectivity index (χ1v) is 9.30. The Kier molecular flexibility index (Phi) is 6.08. The van der Waals surface area contributed by atoms with Crippen molar-refractivity contribution in [3.63, 3.8) is 0 Å². The van der Waals surface area contributed by atoms with E-state index in [2.05, 4.69) is 16.0 Å². The van der Waals surface area contributed by atoms with Crippen LogP contribution >= 0.6 is 0 Å². The molecule has 2 amide bonds. The summed E-state index contributed by atoms with van der Waals surface area (Å²) in [5.41, 5.74) is 0. The molecule has 7 heteroatoms. The Hall–Kier alpha value is -1.18. The average molecular weight is 338 g/mol. The van der Waals surface area contributed by atoms with Gasteiger partial charge in [-0.3, -0.25) is 9.59 Å². The van der Waals surface area contributed by atoms with Crippen molar-refractivity contribution in [2.45, 2.75) is 50.8 Å². The number of hydrogen-bond donors (Lipinski definition) is 3. The van der Waals surface area contributed by atoms with Gasteiger partial charge in [0.15, 0.2) is 0 Å². The summed E-state index contributed by atoms with van der Waals surface area (Å²) >= 11 is 0. The Labute approximate surface area is 143 Å². The van der Waals surface area contributed by atoms with Crippen molar-refractivity contribution in [2.24, 2.45) is 5.92 Å². The van der Waals surface area contributed by atoms with E-state index in [0.29, 0.717) is 19.1 Å². The zero-order chi connectivity index (χ0) is 16.9. The lowest BCUT2D eigenvalue weighted by Gasteiger charge is -2.38. The minimum absolute atomic E-state index is 0.0317. The van der Waals surface area contributed by atoms with Crippen LogP contribution in [-0.2, 0) is 14.3 Å². The van der Waals surface area contributed by atoms with Gasteiger partial charge in [0.25, 0.3) is 0 Å². The van der Waals surface area contributed by atoms with E-state index in [0.717, 1.165) is 51.9 Å². The molecule has 3 aliphatic heterocycles. The first kappa shape index (κ1) is 17.6. The van der Waals surface area contributed by atoms with Crippen molar-refractivity contribution in [1.29, 1.82) is 0 Å². The number of carbonyl (C=O) groups excluding carboxylic acids is 2. The monoisotopic (exact) mass is 338 g/mol. The van der Waals surface area contributed by atoms with Crippen molar-refractivity contribution in [1.82, 2.24) is 20.9 Å². The Bertz CT molecular complexity index is 453. The summed E-state index contributed by atoms with van der Waals surface area (Å²) < 4.78 is 5.59. The number of hydrogen-bond acceptors (Lipinski definition) is 5. The zero-order valence-electron chi connectivity index (χ0n) is 14.6. The van der Waals surface area contributed by atoms with Crippen molar-refractivity contribution in [3.05, 3.63) is 0 Å². The molecule has 3 aliphatic rings. The number of likely N-dealkylation sites (tertiary alicyclic amines) is 1. The minimum atomic E-state index is -0.241. The number of nitrogens with zero attached hydrogens (tertiary/aromatic N) is 1. The maximum atomic E-state index is 12.7. The Morgan fingerprint density at radius 2 is 2.08 bits per heavy atom. The van der Waals surface area contributed by atoms with Gasteiger partial charge in [0.1, 0.15) is 6.04 Å². The van der Waals surface area contributed by atoms with Crippen LogP contribution < -0.4 is 16.0 Å². The topological polar surface area (TPSA) is 82.7 Å². The molecule has 3 rings (SSSR count). The molecule has 0 aliphatic carbocycles. The summed E-state index contributed by atoms with van der Waals surface area (Å²) in [6.07, 6.45) is 3.97. The van der Waals surface area contributed by atoms with Gasteiger partial charge in [-0.05, 0) is 45.1 Å². The Balaban J connectivity index is 1.46. The fourth-order valence-corrected chi connectivity index (χ4v) is 3.91. The maximum Gasteiger partial charge on any atom is 0.242 e. The largest absolute Gasteiger partial charge is 0.375 e. The smallest absolute Gasteiger partial charge is 0.242 e. The lowest BCUT2D eigenvalue weighted by molar-refractivity contribution is -0.141. The molecule has 0 spiro atoms. The maximum absolute atomic E-state index is 12.7. The van der Waals surface area contributed by atoms with Crippen LogP contribution in [0.15, 0.2) is 0 Å². The third-order valence-electron chi connectivity index (χ3n) is 5.35. The molecular weight excluding hydrogens is 308 g/mol. The number of morpholine rings is 1. The molecule has 0 saturated carbocycles. The molecule has 0 aromatic carbocycles. The van der Waals surface area contributed by atoms with Crippen LogP contribution in [0.5, 0.6) is 0 Å². The highest BCUT2D eigenvalue weighted by molar-refractivity contribution is 5.83. The second-order valence-corrected chi connectivity index (χ2v) is 7.19. The van der Waals surface area contributed by atoms with Crippen LogP contribution in [0, 0.1) is 5.92 Å². The molecule has 0 aromatic rings. The summed E-state index contributed by atoms with van der Waals surface area (Å²) in [5, 5.41) is 9.56. The summed E-state index contributed by atoms with van der Waals surface area (Å²) in [5.74, 6) is 0.579. The van der Waals surface area contributed by atoms with E-state index in [1.807, 2.05) is 11.8 Å². The third-order valence-corrected chi connectivity index (χ3v) is 5.35. The molecule has 0 bridgehead atoms. The van der Waals surface area contributed by atoms with E-state index in [1.165, 1.54) is 0 Å². The molecule has 3 heterocycles. The number of carbonyl (C=O) groups is 2. The summed E-state index contributed by atoms with van der Waals surface area (Å²) in [6.45, 7) is 6.45. The molecule has 24 heavy (non-hydrogen) atoms. The predicted octanol–water partition coefficient (Wildman–Crippen LogP) is -0.530. The number of piperidine rings is 1. The standard InChI is InChI=1S/C17H30N4O3/c1-12-15(19-7-9-24-12)17(23)21-8-3-4-13(11-21)10-20-16(22)14-5-2-6-18-14/h12-15,18-19H,2-11H2,1H3,(H,20,22)/t12-,13?,14?,15+/m1/s1. The van der Waals surface area contributed by atoms with E-state index >= 15 is 0 Å². The number of amides is 2. The summed E-state index contributed by atoms with van der Waals surface area (Å²) in [7, 11) is 0. The Morgan fingerprint density at radius 1 is 1.21 bits per heavy atom. The van der Waals surface area contributed by atoms with Crippen molar-refractivity contribution < 1.29 is 14.3 Å². The molecule has 4 atom stereocenters. The van der Waals surface area contributed by atoms with E-state index in [9.17, 15) is 9.59 Å². The summed E-state index contributed by atoms with van der Waals surface area (Å²) in [4.78, 5) is 26.8. The van der Waals surface area contributed by atoms with Gasteiger partial charge in [0, 0.05) is 26.2 Å². The number of rotatable bonds is 4. The van der Waals surface area contributed by atoms with Gasteiger partial charge in [-0.15, -0.1) is 0 Å². The fraction of sp³-hybridized carbons (Fsp3) is 0.882. The molecule has 7 nitrogen and oxygen atoms in total. The van der Waals surface area contributed by atoms with E-state index in [1.54, 1.807) is 0 Å². The molecule has 0 radical (unpaired) electrons. The van der Waals surface area contributed by atoms with Crippen molar-refractivity contribution in [3.8, 4) is 0 Å². The lowest BCUT2D eigenvalue weighted by Crippen LogP contribution is -2.58. The van der Waals surface area contributed by atoms with Gasteiger partial charge in [-0.1, -0.05) is 0 Å². The normalized spacial score (nSPS) is 34.1. The average Bonchev–Trinajstić information content (AvgIpc) is 3.14. The lowest BCUT2D eigenvalue weighted by atomic mass is 9.96. The zero-order valence-corrected chi connectivity index (χ0v) is 14.6. The highest BCUT2D eigenvalue weighted by Crippen LogP contribution is 2.18. The van der Waals surface area contributed by atoms with Gasteiger partial charge in [-0.2, -0.15) is 0 Å². The molecule has 3 fully saturated rings. The molecule has 0 aromatic heterocycles. The van der Waals surface area contributed by atoms with Crippen molar-refractivity contribution in [2.75, 3.05) is 39.3 Å². The SMILES string of the molecule is C[C@H]1OCCN[C@@H]1C(=O)N1CCCC(CNC(=O)C2CCCN2)C1. The van der Waals surface area contributed by atoms with Gasteiger partial charge in [-0.25, -0.2) is 0 Å². The second kappa shape index (κ2) is 8.27. The molecule has 2 unspecified atom stereocenters. The number of ether oxygens (including phenoxy) is 1. The highest BCUT2D eigenvalue weighted by Gasteiger charge is 2.34. The van der Waals surface area contributed by atoms with Crippen LogP contribution in [0.2, 0.25) is 0 Å². The van der Waals surface area contributed by atoms with Crippen LogP contribution in [0.4, 0.5) is 0 Å². The van der Waals surface area contributed by atoms with Gasteiger partial charge >= 0.3 is 0 Å². The molecule has 3 N–H and O–H groups in total. The van der Waals surface area contributed by atoms with Gasteiger partial charge < -0.3 is 25.6 Å². The van der Waals surface area contributed by atoms with E-state index < -0.39 is 0 Å². The predicted molar refractivity (Wildman–Crippen MR) is 90.5 cm³/mol. The second-order valence-electron chi connectivity index (χ2n) is 7.19. The minimum Gasteiger partial charge on any atom is -0.375 e. The third kappa shape index (κ3) is 4.26. The molecule has 136 valence electrons. The van der Waals surface area contributed by atoms with Gasteiger partial charge in [0.05, 0.1) is 18.8 Å². The molecule has 3 saturated heterocycles. The van der Waals surface area contributed by atoms with Gasteiger partial charge in [0.2, 0.25) is 11.8 Å². The fourth-order valence-electron chi connectivity index (χ4n) is 3.91. The van der Waals surface area contributed by atoms with Crippen molar-refractivity contribution >= 4 is 11.8 Å². The molecular formula is C17H30N4O3. The van der Waals surface area contributed by atoms with E-state index in [4.69, 9.17) is 4.74 Å². The van der Waals surface area contributed by atoms with E-state index in [-0.39, 0.29) is 30.0 Å². The van der Waals surface area contributed by atoms with Crippen LogP contribution in [0.3, 0.4) is 0 Å². The quantitative estimate of drug-likeness (QED) is 0.642. The first-order valence-electron chi connectivity index (χ1n) is 9.30. The Morgan fingerprint density at radius 3 is 2.83 bits per heavy atom. The first-order chi connectivity index (χ1) is 11.6. The van der Waals surface area contributed by atoms with Crippen LogP contribution in [0.25, 0.3) is 0 Å². The van der Waals surface area contributed by atoms with Crippen LogP contribution in [0.1, 0.15) is 32.6 Å². The van der Waals surface area contributed by atoms with Crippen LogP contribution in [-0.4, -0.2) is 74.2 Å². The highest BCUT2D eigenvalue weighted by atomic mass is 16.5. The number of nitrogens with one attached hydrogen (secondary N) is 3.